The summed E-state index contributed by atoms with van der Waals surface area (Å²) in [6.07, 6.45) is 3.40. The van der Waals surface area contributed by atoms with Crippen molar-refractivity contribution in [1.82, 2.24) is 19.7 Å². The zero-order valence-electron chi connectivity index (χ0n) is 18.4. The Labute approximate surface area is 188 Å². The molecule has 4 aromatic rings. The maximum atomic E-state index is 14.4. The summed E-state index contributed by atoms with van der Waals surface area (Å²) < 4.78 is 30.7. The third kappa shape index (κ3) is 3.61. The minimum Gasteiger partial charge on any atom is -0.347 e. The molecule has 1 aliphatic rings. The molecular formula is C25H22F2N4O2. The second-order valence-corrected chi connectivity index (χ2v) is 8.90. The van der Waals surface area contributed by atoms with E-state index < -0.39 is 11.6 Å². The van der Waals surface area contributed by atoms with Gasteiger partial charge in [0.2, 0.25) is 0 Å². The third-order valence-corrected chi connectivity index (χ3v) is 6.27. The Kier molecular flexibility index (Phi) is 4.70. The average Bonchev–Trinajstić information content (AvgIpc) is 3.35. The first-order valence-electron chi connectivity index (χ1n) is 10.6. The molecule has 2 aromatic heterocycles. The zero-order valence-corrected chi connectivity index (χ0v) is 18.4. The van der Waals surface area contributed by atoms with Gasteiger partial charge in [-0.25, -0.2) is 13.5 Å². The van der Waals surface area contributed by atoms with E-state index in [1.807, 2.05) is 19.9 Å². The first-order chi connectivity index (χ1) is 15.7. The molecule has 0 bridgehead atoms. The number of nitrogens with one attached hydrogen (secondary N) is 1. The molecule has 0 radical (unpaired) electrons. The van der Waals surface area contributed by atoms with Crippen LogP contribution in [0.4, 0.5) is 8.78 Å². The van der Waals surface area contributed by atoms with E-state index in [1.165, 1.54) is 15.4 Å². The van der Waals surface area contributed by atoms with Crippen LogP contribution in [-0.2, 0) is 7.05 Å². The van der Waals surface area contributed by atoms with Gasteiger partial charge < -0.3 is 5.32 Å². The quantitative estimate of drug-likeness (QED) is 0.507. The van der Waals surface area contributed by atoms with Crippen molar-refractivity contribution in [3.8, 4) is 16.8 Å². The van der Waals surface area contributed by atoms with Gasteiger partial charge in [0.05, 0.1) is 6.20 Å². The molecule has 0 spiro atoms. The summed E-state index contributed by atoms with van der Waals surface area (Å²) in [7, 11) is 1.56. The van der Waals surface area contributed by atoms with Crippen LogP contribution in [0.2, 0.25) is 0 Å². The van der Waals surface area contributed by atoms with Gasteiger partial charge in [-0.05, 0) is 68.1 Å². The minimum atomic E-state index is -0.656. The number of fused-ring (bicyclic) bond motifs is 1. The maximum absolute atomic E-state index is 14.4. The fourth-order valence-electron chi connectivity index (χ4n) is 4.02. The number of carbonyl (C=O) groups is 1. The molecule has 0 saturated heterocycles. The molecule has 168 valence electrons. The van der Waals surface area contributed by atoms with Crippen LogP contribution in [0.5, 0.6) is 0 Å². The molecule has 0 aliphatic heterocycles. The van der Waals surface area contributed by atoms with E-state index in [4.69, 9.17) is 0 Å². The predicted octanol–water partition coefficient (Wildman–Crippen LogP) is 4.26. The van der Waals surface area contributed by atoms with Crippen LogP contribution in [-0.4, -0.2) is 25.8 Å². The molecule has 8 heteroatoms. The number of halogens is 2. The van der Waals surface area contributed by atoms with E-state index in [0.717, 1.165) is 36.6 Å². The number of aromatic nitrogens is 3. The molecule has 1 amide bonds. The van der Waals surface area contributed by atoms with Crippen LogP contribution < -0.4 is 10.9 Å². The SMILES string of the molecule is Cc1ccc(C(=O)NC2(C)CC2)cc1-c1cc2cnn(-c3cc(F)ccc3F)c2n(C)c1=O. The molecule has 1 fully saturated rings. The molecule has 1 N–H and O–H groups in total. The highest BCUT2D eigenvalue weighted by Gasteiger charge is 2.38. The molecule has 5 rings (SSSR count). The summed E-state index contributed by atoms with van der Waals surface area (Å²) in [5, 5.41) is 7.81. The Morgan fingerprint density at radius 3 is 2.58 bits per heavy atom. The third-order valence-electron chi connectivity index (χ3n) is 6.27. The van der Waals surface area contributed by atoms with Crippen LogP contribution in [0.1, 0.15) is 35.7 Å². The highest BCUT2D eigenvalue weighted by Crippen LogP contribution is 2.35. The Balaban J connectivity index is 1.64. The lowest BCUT2D eigenvalue weighted by Gasteiger charge is -2.14. The summed E-state index contributed by atoms with van der Waals surface area (Å²) >= 11 is 0. The smallest absolute Gasteiger partial charge is 0.259 e. The van der Waals surface area contributed by atoms with Gasteiger partial charge in [0.1, 0.15) is 23.0 Å². The number of benzene rings is 2. The number of amides is 1. The van der Waals surface area contributed by atoms with Crippen molar-refractivity contribution < 1.29 is 13.6 Å². The number of carbonyl (C=O) groups excluding carboxylic acids is 1. The van der Waals surface area contributed by atoms with Gasteiger partial charge in [-0.3, -0.25) is 14.2 Å². The number of hydrogen-bond donors (Lipinski definition) is 1. The average molecular weight is 448 g/mol. The van der Waals surface area contributed by atoms with E-state index >= 15 is 0 Å². The minimum absolute atomic E-state index is 0.0869. The fraction of sp³-hybridized carbons (Fsp3) is 0.240. The van der Waals surface area contributed by atoms with Gasteiger partial charge >= 0.3 is 0 Å². The first-order valence-corrected chi connectivity index (χ1v) is 10.6. The van der Waals surface area contributed by atoms with Crippen molar-refractivity contribution in [3.05, 3.63) is 81.8 Å². The lowest BCUT2D eigenvalue weighted by molar-refractivity contribution is 0.0935. The highest BCUT2D eigenvalue weighted by atomic mass is 19.1. The number of pyridine rings is 1. The standard InChI is InChI=1S/C25H22F2N4O2/c1-14-4-5-15(22(32)29-25(2)8-9-25)10-18(14)19-11-16-13-28-31(23(16)30(3)24(19)33)21-12-17(26)6-7-20(21)27/h4-7,10-13H,8-9H2,1-3H3,(H,29,32). The van der Waals surface area contributed by atoms with Crippen molar-refractivity contribution in [2.24, 2.45) is 7.05 Å². The van der Waals surface area contributed by atoms with E-state index in [9.17, 15) is 18.4 Å². The molecule has 0 unspecified atom stereocenters. The summed E-state index contributed by atoms with van der Waals surface area (Å²) in [6.45, 7) is 3.87. The second kappa shape index (κ2) is 7.37. The largest absolute Gasteiger partial charge is 0.347 e. The Hall–Kier alpha value is -3.81. The monoisotopic (exact) mass is 448 g/mol. The van der Waals surface area contributed by atoms with Gasteiger partial charge in [0.25, 0.3) is 11.5 Å². The summed E-state index contributed by atoms with van der Waals surface area (Å²) in [6, 6.07) is 10.0. The normalized spacial score (nSPS) is 14.5. The van der Waals surface area contributed by atoms with Gasteiger partial charge in [0, 0.05) is 35.2 Å². The predicted molar refractivity (Wildman–Crippen MR) is 122 cm³/mol. The zero-order chi connectivity index (χ0) is 23.5. The number of rotatable bonds is 4. The van der Waals surface area contributed by atoms with E-state index in [0.29, 0.717) is 27.7 Å². The Bertz CT molecular complexity index is 1500. The highest BCUT2D eigenvalue weighted by molar-refractivity contribution is 5.96. The molecule has 6 nitrogen and oxygen atoms in total. The Morgan fingerprint density at radius 2 is 1.85 bits per heavy atom. The molecular weight excluding hydrogens is 426 g/mol. The molecule has 33 heavy (non-hydrogen) atoms. The van der Waals surface area contributed by atoms with E-state index in [-0.39, 0.29) is 22.7 Å². The molecule has 1 aliphatic carbocycles. The number of hydrogen-bond acceptors (Lipinski definition) is 3. The number of nitrogens with zero attached hydrogens (tertiary/aromatic N) is 3. The van der Waals surface area contributed by atoms with Crippen LogP contribution in [0.15, 0.2) is 53.5 Å². The van der Waals surface area contributed by atoms with Crippen molar-refractivity contribution >= 4 is 16.9 Å². The second-order valence-electron chi connectivity index (χ2n) is 8.90. The molecule has 1 saturated carbocycles. The summed E-state index contributed by atoms with van der Waals surface area (Å²) in [5.41, 5.74) is 2.10. The van der Waals surface area contributed by atoms with Crippen molar-refractivity contribution in [2.45, 2.75) is 32.2 Å². The lowest BCUT2D eigenvalue weighted by atomic mass is 9.98. The fourth-order valence-corrected chi connectivity index (χ4v) is 4.02. The molecule has 2 aromatic carbocycles. The van der Waals surface area contributed by atoms with Gasteiger partial charge in [-0.2, -0.15) is 5.10 Å². The summed E-state index contributed by atoms with van der Waals surface area (Å²) in [5.74, 6) is -1.44. The van der Waals surface area contributed by atoms with Crippen LogP contribution in [0.3, 0.4) is 0 Å². The van der Waals surface area contributed by atoms with Gasteiger partial charge in [-0.15, -0.1) is 0 Å². The topological polar surface area (TPSA) is 68.9 Å². The van der Waals surface area contributed by atoms with Crippen LogP contribution >= 0.6 is 0 Å². The molecule has 0 atom stereocenters. The van der Waals surface area contributed by atoms with Crippen molar-refractivity contribution in [1.29, 1.82) is 0 Å². The number of aryl methyl sites for hydroxylation is 2. The van der Waals surface area contributed by atoms with Crippen LogP contribution in [0, 0.1) is 18.6 Å². The van der Waals surface area contributed by atoms with Crippen molar-refractivity contribution in [2.75, 3.05) is 0 Å². The van der Waals surface area contributed by atoms with Gasteiger partial charge in [0.15, 0.2) is 0 Å². The van der Waals surface area contributed by atoms with E-state index in [2.05, 4.69) is 10.4 Å². The molecule has 2 heterocycles. The van der Waals surface area contributed by atoms with Crippen LogP contribution in [0.25, 0.3) is 27.8 Å². The first kappa shape index (κ1) is 21.1. The Morgan fingerprint density at radius 1 is 1.09 bits per heavy atom. The van der Waals surface area contributed by atoms with Gasteiger partial charge in [-0.1, -0.05) is 6.07 Å². The lowest BCUT2D eigenvalue weighted by Crippen LogP contribution is -2.34. The van der Waals surface area contributed by atoms with E-state index in [1.54, 1.807) is 25.2 Å². The van der Waals surface area contributed by atoms with Crippen molar-refractivity contribution in [3.63, 3.8) is 0 Å². The summed E-state index contributed by atoms with van der Waals surface area (Å²) in [4.78, 5) is 26.0. The maximum Gasteiger partial charge on any atom is 0.259 e.